The zero-order valence-corrected chi connectivity index (χ0v) is 16.4. The van der Waals surface area contributed by atoms with E-state index in [0.29, 0.717) is 22.6 Å². The molecule has 2 aromatic rings. The van der Waals surface area contributed by atoms with E-state index in [2.05, 4.69) is 25.7 Å². The molecule has 0 saturated heterocycles. The molecule has 0 aliphatic heterocycles. The molecule has 0 atom stereocenters. The molecule has 1 N–H and O–H groups in total. The van der Waals surface area contributed by atoms with Crippen LogP contribution in [0.5, 0.6) is 0 Å². The number of amides is 1. The third-order valence-electron chi connectivity index (χ3n) is 3.86. The van der Waals surface area contributed by atoms with Gasteiger partial charge in [0.15, 0.2) is 11.4 Å². The highest BCUT2D eigenvalue weighted by molar-refractivity contribution is 6.47. The molecule has 2 aromatic carbocycles. The summed E-state index contributed by atoms with van der Waals surface area (Å²) in [6.45, 7) is 8.84. The summed E-state index contributed by atoms with van der Waals surface area (Å²) in [7, 11) is 2.89. The molecule has 0 fully saturated rings. The first kappa shape index (κ1) is 21.3. The van der Waals surface area contributed by atoms with E-state index in [-0.39, 0.29) is 18.2 Å². The normalized spacial score (nSPS) is 12.1. The molecule has 0 spiro atoms. The fourth-order valence-electron chi connectivity index (χ4n) is 2.53. The van der Waals surface area contributed by atoms with Crippen molar-refractivity contribution in [3.8, 4) is 0 Å². The highest BCUT2D eigenvalue weighted by Gasteiger charge is 2.17. The van der Waals surface area contributed by atoms with Gasteiger partial charge in [0, 0.05) is 23.7 Å². The van der Waals surface area contributed by atoms with Gasteiger partial charge in [-0.25, -0.2) is 0 Å². The van der Waals surface area contributed by atoms with E-state index in [4.69, 9.17) is 16.2 Å². The van der Waals surface area contributed by atoms with E-state index in [1.54, 1.807) is 25.1 Å². The summed E-state index contributed by atoms with van der Waals surface area (Å²) >= 11 is 0. The van der Waals surface area contributed by atoms with Gasteiger partial charge in [0.2, 0.25) is 0 Å². The maximum Gasteiger partial charge on any atom is 0.273 e. The van der Waals surface area contributed by atoms with Gasteiger partial charge in [-0.15, -0.1) is 4.95 Å². The standard InChI is InChI=1S/C21H21N5O3/c1-15(19(24-23-3)16-10-6-5-7-11-16)25-29-14-17-12-8-9-13-18(17)20(26-28-4)21(27)22-2/h5-13H,14H2,1-2,4H3,(H,22,27). The Labute approximate surface area is 169 Å². The second kappa shape index (κ2) is 11.0. The monoisotopic (exact) mass is 391 g/mol. The number of carbonyl (C=O) groups is 1. The Kier molecular flexibility index (Phi) is 8.08. The van der Waals surface area contributed by atoms with Crippen molar-refractivity contribution in [2.24, 2.45) is 15.4 Å². The number of hydrogen-bond donors (Lipinski definition) is 1. The minimum Gasteiger partial charge on any atom is -0.398 e. The summed E-state index contributed by atoms with van der Waals surface area (Å²) in [6.07, 6.45) is 0. The largest absolute Gasteiger partial charge is 0.398 e. The number of nitrogens with one attached hydrogen (secondary N) is 1. The summed E-state index contributed by atoms with van der Waals surface area (Å²) in [4.78, 5) is 25.5. The molecule has 0 saturated carbocycles. The van der Waals surface area contributed by atoms with E-state index in [9.17, 15) is 4.79 Å². The van der Waals surface area contributed by atoms with Crippen LogP contribution in [0.3, 0.4) is 0 Å². The lowest BCUT2D eigenvalue weighted by Crippen LogP contribution is -2.29. The molecular formula is C21H21N5O3. The summed E-state index contributed by atoms with van der Waals surface area (Å²) < 4.78 is 0. The number of likely N-dealkylation sites (N-methyl/N-ethyl adjacent to an activating group) is 1. The van der Waals surface area contributed by atoms with Crippen LogP contribution in [0.15, 0.2) is 70.0 Å². The molecule has 0 aliphatic rings. The van der Waals surface area contributed by atoms with Gasteiger partial charge in [-0.2, -0.15) is 6.57 Å². The highest BCUT2D eigenvalue weighted by Crippen LogP contribution is 2.13. The SMILES string of the molecule is [C-]#[N+]N=C(C(C)=NOCc1ccccc1C(=NOC)C(=O)NC)c1ccccc1. The molecule has 1 amide bonds. The highest BCUT2D eigenvalue weighted by atomic mass is 16.6. The molecule has 0 aromatic heterocycles. The topological polar surface area (TPSA) is 89.0 Å². The number of rotatable bonds is 8. The van der Waals surface area contributed by atoms with Crippen LogP contribution in [0.4, 0.5) is 0 Å². The van der Waals surface area contributed by atoms with E-state index >= 15 is 0 Å². The fraction of sp³-hybridized carbons (Fsp3) is 0.190. The molecule has 0 aliphatic carbocycles. The maximum atomic E-state index is 12.1. The number of carbonyl (C=O) groups excluding carboxylic acids is 1. The first-order valence-electron chi connectivity index (χ1n) is 8.70. The number of benzene rings is 2. The smallest absolute Gasteiger partial charge is 0.273 e. The van der Waals surface area contributed by atoms with Crippen LogP contribution >= 0.6 is 0 Å². The molecule has 0 unspecified atom stereocenters. The van der Waals surface area contributed by atoms with Crippen molar-refractivity contribution < 1.29 is 14.5 Å². The number of oxime groups is 2. The van der Waals surface area contributed by atoms with Gasteiger partial charge in [-0.05, 0) is 6.92 Å². The quantitative estimate of drug-likeness (QED) is 0.426. The van der Waals surface area contributed by atoms with E-state index in [1.165, 1.54) is 14.2 Å². The third kappa shape index (κ3) is 5.74. The molecule has 8 heteroatoms. The van der Waals surface area contributed by atoms with Crippen molar-refractivity contribution >= 4 is 23.0 Å². The van der Waals surface area contributed by atoms with Crippen molar-refractivity contribution in [3.63, 3.8) is 0 Å². The molecule has 29 heavy (non-hydrogen) atoms. The van der Waals surface area contributed by atoms with Crippen molar-refractivity contribution in [2.75, 3.05) is 14.2 Å². The van der Waals surface area contributed by atoms with E-state index in [1.807, 2.05) is 36.4 Å². The van der Waals surface area contributed by atoms with Crippen LogP contribution in [0.2, 0.25) is 0 Å². The van der Waals surface area contributed by atoms with Crippen LogP contribution in [-0.4, -0.2) is 37.2 Å². The first-order chi connectivity index (χ1) is 14.1. The molecule has 148 valence electrons. The maximum absolute atomic E-state index is 12.1. The number of nitrogens with zero attached hydrogens (tertiary/aromatic N) is 4. The average Bonchev–Trinajstić information content (AvgIpc) is 2.76. The van der Waals surface area contributed by atoms with Gasteiger partial charge in [0.05, 0.1) is 5.10 Å². The number of hydrogen-bond acceptors (Lipinski definition) is 6. The minimum absolute atomic E-state index is 0.0906. The van der Waals surface area contributed by atoms with Crippen LogP contribution in [0, 0.1) is 6.57 Å². The van der Waals surface area contributed by atoms with E-state index < -0.39 is 0 Å². The van der Waals surface area contributed by atoms with E-state index in [0.717, 1.165) is 5.56 Å². The van der Waals surface area contributed by atoms with Gasteiger partial charge in [0.1, 0.15) is 19.4 Å². The Balaban J connectivity index is 2.24. The Morgan fingerprint density at radius 1 is 1.07 bits per heavy atom. The average molecular weight is 391 g/mol. The van der Waals surface area contributed by atoms with Gasteiger partial charge >= 0.3 is 0 Å². The van der Waals surface area contributed by atoms with Crippen molar-refractivity contribution in [2.45, 2.75) is 13.5 Å². The summed E-state index contributed by atoms with van der Waals surface area (Å²) in [5.74, 6) is -0.380. The van der Waals surface area contributed by atoms with Crippen molar-refractivity contribution in [3.05, 3.63) is 82.8 Å². The molecular weight excluding hydrogens is 370 g/mol. The predicted octanol–water partition coefficient (Wildman–Crippen LogP) is 3.00. The molecule has 0 radical (unpaired) electrons. The summed E-state index contributed by atoms with van der Waals surface area (Å²) in [6, 6.07) is 16.4. The Morgan fingerprint density at radius 2 is 1.76 bits per heavy atom. The molecule has 0 bridgehead atoms. The first-order valence-corrected chi connectivity index (χ1v) is 8.70. The minimum atomic E-state index is -0.380. The third-order valence-corrected chi connectivity index (χ3v) is 3.86. The fourth-order valence-corrected chi connectivity index (χ4v) is 2.53. The van der Waals surface area contributed by atoms with Crippen molar-refractivity contribution in [1.29, 1.82) is 0 Å². The summed E-state index contributed by atoms with van der Waals surface area (Å²) in [5.41, 5.74) is 3.06. The summed E-state index contributed by atoms with van der Waals surface area (Å²) in [5, 5.41) is 14.3. The van der Waals surface area contributed by atoms with Crippen LogP contribution < -0.4 is 5.32 Å². The predicted molar refractivity (Wildman–Crippen MR) is 112 cm³/mol. The zero-order chi connectivity index (χ0) is 21.1. The lowest BCUT2D eigenvalue weighted by atomic mass is 10.0. The van der Waals surface area contributed by atoms with Gasteiger partial charge in [0.25, 0.3) is 5.91 Å². The molecule has 0 heterocycles. The second-order valence-electron chi connectivity index (χ2n) is 5.72. The second-order valence-corrected chi connectivity index (χ2v) is 5.72. The lowest BCUT2D eigenvalue weighted by molar-refractivity contribution is -0.114. The Bertz CT molecular complexity index is 975. The lowest BCUT2D eigenvalue weighted by Gasteiger charge is -2.10. The molecule has 8 nitrogen and oxygen atoms in total. The van der Waals surface area contributed by atoms with Crippen LogP contribution in [0.25, 0.3) is 4.95 Å². The zero-order valence-electron chi connectivity index (χ0n) is 16.4. The Morgan fingerprint density at radius 3 is 2.41 bits per heavy atom. The van der Waals surface area contributed by atoms with Crippen LogP contribution in [-0.2, 0) is 21.1 Å². The van der Waals surface area contributed by atoms with Gasteiger partial charge in [-0.3, -0.25) is 4.79 Å². The van der Waals surface area contributed by atoms with Crippen molar-refractivity contribution in [1.82, 2.24) is 5.32 Å². The Hall–Kier alpha value is -3.99. The van der Waals surface area contributed by atoms with Crippen LogP contribution in [0.1, 0.15) is 23.6 Å². The molecule has 2 rings (SSSR count). The van der Waals surface area contributed by atoms with Gasteiger partial charge in [-0.1, -0.05) is 64.9 Å². The van der Waals surface area contributed by atoms with Gasteiger partial charge < -0.3 is 15.0 Å².